The lowest BCUT2D eigenvalue weighted by molar-refractivity contribution is 0.0696. The number of rotatable bonds is 6. The quantitative estimate of drug-likeness (QED) is 0.884. The Kier molecular flexibility index (Phi) is 5.06. The first kappa shape index (κ1) is 15.2. The van der Waals surface area contributed by atoms with E-state index in [0.717, 1.165) is 12.0 Å². The van der Waals surface area contributed by atoms with E-state index in [4.69, 9.17) is 26.2 Å². The molecule has 0 amide bonds. The van der Waals surface area contributed by atoms with Gasteiger partial charge in [-0.3, -0.25) is 0 Å². The Bertz CT molecular complexity index is 626. The highest BCUT2D eigenvalue weighted by molar-refractivity contribution is 6.32. The van der Waals surface area contributed by atoms with Crippen LogP contribution < -0.4 is 9.47 Å². The molecule has 0 saturated heterocycles. The minimum Gasteiger partial charge on any atom is -0.493 e. The van der Waals surface area contributed by atoms with E-state index in [0.29, 0.717) is 18.1 Å². The maximum absolute atomic E-state index is 11.0. The number of carbonyl (C=O) groups is 1. The van der Waals surface area contributed by atoms with Crippen LogP contribution in [0.15, 0.2) is 42.5 Å². The number of carboxylic acids is 1. The average Bonchev–Trinajstić information content (AvgIpc) is 2.49. The molecule has 0 heterocycles. The van der Waals surface area contributed by atoms with Crippen molar-refractivity contribution in [2.24, 2.45) is 0 Å². The van der Waals surface area contributed by atoms with E-state index in [1.54, 1.807) is 0 Å². The predicted molar refractivity (Wildman–Crippen MR) is 80.6 cm³/mol. The normalized spacial score (nSPS) is 10.2. The SMILES string of the molecule is COc1cc(C(=O)O)cc(Cl)c1OCCc1ccccc1. The molecule has 0 aromatic heterocycles. The molecule has 0 spiro atoms. The van der Waals surface area contributed by atoms with Gasteiger partial charge in [0.25, 0.3) is 0 Å². The van der Waals surface area contributed by atoms with Gasteiger partial charge in [-0.15, -0.1) is 0 Å². The number of carboxylic acid groups (broad SMARTS) is 1. The standard InChI is InChI=1S/C16H15ClO4/c1-20-14-10-12(16(18)19)9-13(17)15(14)21-8-7-11-5-3-2-4-6-11/h2-6,9-10H,7-8H2,1H3,(H,18,19). The van der Waals surface area contributed by atoms with Crippen LogP contribution in [-0.4, -0.2) is 24.8 Å². The highest BCUT2D eigenvalue weighted by Gasteiger charge is 2.15. The third-order valence-corrected chi connectivity index (χ3v) is 3.24. The van der Waals surface area contributed by atoms with Crippen molar-refractivity contribution in [2.45, 2.75) is 6.42 Å². The van der Waals surface area contributed by atoms with E-state index in [1.165, 1.54) is 19.2 Å². The summed E-state index contributed by atoms with van der Waals surface area (Å²) in [6, 6.07) is 12.6. The fraction of sp³-hybridized carbons (Fsp3) is 0.188. The van der Waals surface area contributed by atoms with Crippen molar-refractivity contribution in [1.29, 1.82) is 0 Å². The molecule has 21 heavy (non-hydrogen) atoms. The highest BCUT2D eigenvalue weighted by atomic mass is 35.5. The van der Waals surface area contributed by atoms with E-state index in [-0.39, 0.29) is 10.6 Å². The van der Waals surface area contributed by atoms with Crippen LogP contribution in [0.25, 0.3) is 0 Å². The van der Waals surface area contributed by atoms with Crippen molar-refractivity contribution in [1.82, 2.24) is 0 Å². The third-order valence-electron chi connectivity index (χ3n) is 2.96. The summed E-state index contributed by atoms with van der Waals surface area (Å²) in [5.74, 6) is -0.390. The zero-order valence-corrected chi connectivity index (χ0v) is 12.3. The summed E-state index contributed by atoms with van der Waals surface area (Å²) < 4.78 is 10.8. The minimum atomic E-state index is -1.06. The number of ether oxygens (including phenoxy) is 2. The van der Waals surface area contributed by atoms with E-state index in [9.17, 15) is 4.79 Å². The second-order valence-corrected chi connectivity index (χ2v) is 4.79. The van der Waals surface area contributed by atoms with Crippen LogP contribution in [0.3, 0.4) is 0 Å². The maximum atomic E-state index is 11.0. The van der Waals surface area contributed by atoms with Gasteiger partial charge in [0.2, 0.25) is 0 Å². The summed E-state index contributed by atoms with van der Waals surface area (Å²) in [4.78, 5) is 11.0. The first-order valence-electron chi connectivity index (χ1n) is 6.39. The Morgan fingerprint density at radius 2 is 1.95 bits per heavy atom. The molecule has 0 fully saturated rings. The molecule has 0 bridgehead atoms. The Hall–Kier alpha value is -2.20. The van der Waals surface area contributed by atoms with Crippen molar-refractivity contribution in [2.75, 3.05) is 13.7 Å². The number of aromatic carboxylic acids is 1. The lowest BCUT2D eigenvalue weighted by Crippen LogP contribution is -2.05. The van der Waals surface area contributed by atoms with Gasteiger partial charge >= 0.3 is 5.97 Å². The molecule has 2 rings (SSSR count). The number of methoxy groups -OCH3 is 1. The van der Waals surface area contributed by atoms with Crippen LogP contribution in [0.4, 0.5) is 0 Å². The smallest absolute Gasteiger partial charge is 0.335 e. The second kappa shape index (κ2) is 6.99. The Balaban J connectivity index is 2.10. The summed E-state index contributed by atoms with van der Waals surface area (Å²) in [7, 11) is 1.45. The van der Waals surface area contributed by atoms with Crippen molar-refractivity contribution in [3.8, 4) is 11.5 Å². The van der Waals surface area contributed by atoms with Crippen LogP contribution in [0, 0.1) is 0 Å². The molecule has 0 aliphatic rings. The summed E-state index contributed by atoms with van der Waals surface area (Å²) >= 11 is 6.07. The van der Waals surface area contributed by atoms with E-state index >= 15 is 0 Å². The fourth-order valence-electron chi connectivity index (χ4n) is 1.90. The van der Waals surface area contributed by atoms with Crippen LogP contribution in [0.1, 0.15) is 15.9 Å². The average molecular weight is 307 g/mol. The molecule has 0 atom stereocenters. The van der Waals surface area contributed by atoms with Gasteiger partial charge in [0, 0.05) is 6.42 Å². The van der Waals surface area contributed by atoms with Crippen molar-refractivity contribution in [3.63, 3.8) is 0 Å². The molecular formula is C16H15ClO4. The molecule has 2 aromatic rings. The van der Waals surface area contributed by atoms with Gasteiger partial charge in [-0.1, -0.05) is 41.9 Å². The zero-order valence-electron chi connectivity index (χ0n) is 11.5. The van der Waals surface area contributed by atoms with Gasteiger partial charge in [0.05, 0.1) is 24.3 Å². The molecule has 4 nitrogen and oxygen atoms in total. The van der Waals surface area contributed by atoms with Gasteiger partial charge in [-0.2, -0.15) is 0 Å². The van der Waals surface area contributed by atoms with Crippen LogP contribution >= 0.6 is 11.6 Å². The lowest BCUT2D eigenvalue weighted by atomic mass is 10.1. The van der Waals surface area contributed by atoms with E-state index < -0.39 is 5.97 Å². The molecule has 0 aliphatic carbocycles. The fourth-order valence-corrected chi connectivity index (χ4v) is 2.16. The number of hydrogen-bond donors (Lipinski definition) is 1. The Labute approximate surface area is 127 Å². The van der Waals surface area contributed by atoms with Crippen LogP contribution in [0.2, 0.25) is 5.02 Å². The van der Waals surface area contributed by atoms with Crippen LogP contribution in [0.5, 0.6) is 11.5 Å². The van der Waals surface area contributed by atoms with Crippen molar-refractivity contribution in [3.05, 3.63) is 58.6 Å². The number of benzene rings is 2. The van der Waals surface area contributed by atoms with Gasteiger partial charge in [-0.05, 0) is 17.7 Å². The molecule has 0 unspecified atom stereocenters. The van der Waals surface area contributed by atoms with E-state index in [2.05, 4.69) is 0 Å². The predicted octanol–water partition coefficient (Wildman–Crippen LogP) is 3.67. The highest BCUT2D eigenvalue weighted by Crippen LogP contribution is 2.36. The molecule has 5 heteroatoms. The van der Waals surface area contributed by atoms with Gasteiger partial charge in [-0.25, -0.2) is 4.79 Å². The Morgan fingerprint density at radius 3 is 2.57 bits per heavy atom. The Morgan fingerprint density at radius 1 is 1.24 bits per heavy atom. The van der Waals surface area contributed by atoms with Gasteiger partial charge in [0.15, 0.2) is 11.5 Å². The van der Waals surface area contributed by atoms with E-state index in [1.807, 2.05) is 30.3 Å². The number of hydrogen-bond acceptors (Lipinski definition) is 3. The molecular weight excluding hydrogens is 292 g/mol. The molecule has 0 saturated carbocycles. The molecule has 1 N–H and O–H groups in total. The monoisotopic (exact) mass is 306 g/mol. The summed E-state index contributed by atoms with van der Waals surface area (Å²) in [5, 5.41) is 9.21. The lowest BCUT2D eigenvalue weighted by Gasteiger charge is -2.13. The zero-order chi connectivity index (χ0) is 15.2. The van der Waals surface area contributed by atoms with Gasteiger partial charge in [0.1, 0.15) is 0 Å². The van der Waals surface area contributed by atoms with Crippen LogP contribution in [-0.2, 0) is 6.42 Å². The number of halogens is 1. The minimum absolute atomic E-state index is 0.0623. The largest absolute Gasteiger partial charge is 0.493 e. The summed E-state index contributed by atoms with van der Waals surface area (Å²) in [5.41, 5.74) is 1.21. The molecule has 110 valence electrons. The molecule has 0 aliphatic heterocycles. The second-order valence-electron chi connectivity index (χ2n) is 4.38. The molecule has 2 aromatic carbocycles. The first-order chi connectivity index (χ1) is 10.1. The molecule has 0 radical (unpaired) electrons. The summed E-state index contributed by atoms with van der Waals surface area (Å²) in [6.45, 7) is 0.423. The van der Waals surface area contributed by atoms with Gasteiger partial charge < -0.3 is 14.6 Å². The van der Waals surface area contributed by atoms with Crippen molar-refractivity contribution < 1.29 is 19.4 Å². The third kappa shape index (κ3) is 3.89. The summed E-state index contributed by atoms with van der Waals surface area (Å²) in [6.07, 6.45) is 0.723. The topological polar surface area (TPSA) is 55.8 Å². The first-order valence-corrected chi connectivity index (χ1v) is 6.77. The maximum Gasteiger partial charge on any atom is 0.335 e. The van der Waals surface area contributed by atoms with Crippen molar-refractivity contribution >= 4 is 17.6 Å².